The van der Waals surface area contributed by atoms with Crippen LogP contribution >= 0.6 is 0 Å². The number of rotatable bonds is 4. The van der Waals surface area contributed by atoms with E-state index in [4.69, 9.17) is 10.8 Å². The first-order valence-electron chi connectivity index (χ1n) is 5.11. The van der Waals surface area contributed by atoms with E-state index in [0.29, 0.717) is 17.4 Å². The molecule has 5 nitrogen and oxygen atoms in total. The summed E-state index contributed by atoms with van der Waals surface area (Å²) >= 11 is 0. The van der Waals surface area contributed by atoms with Crippen LogP contribution in [-0.2, 0) is 0 Å². The fourth-order valence-corrected chi connectivity index (χ4v) is 1.57. The van der Waals surface area contributed by atoms with Crippen molar-refractivity contribution in [2.75, 3.05) is 24.2 Å². The van der Waals surface area contributed by atoms with Crippen LogP contribution in [0.2, 0.25) is 0 Å². The fourth-order valence-electron chi connectivity index (χ4n) is 1.57. The van der Waals surface area contributed by atoms with Gasteiger partial charge in [-0.05, 0) is 12.0 Å². The molecule has 0 fully saturated rings. The van der Waals surface area contributed by atoms with Crippen LogP contribution in [0.5, 0.6) is 0 Å². The Morgan fingerprint density at radius 3 is 2.75 bits per heavy atom. The lowest BCUT2D eigenvalue weighted by molar-refractivity contribution is 0.0697. The third-order valence-electron chi connectivity index (χ3n) is 2.12. The molecule has 0 amide bonds. The Balaban J connectivity index is 3.07. The number of aromatic carboxylic acids is 1. The molecule has 16 heavy (non-hydrogen) atoms. The molecule has 0 bridgehead atoms. The van der Waals surface area contributed by atoms with Crippen molar-refractivity contribution in [1.82, 2.24) is 4.98 Å². The number of aromatic nitrogens is 1. The lowest BCUT2D eigenvalue weighted by Gasteiger charge is -2.21. The van der Waals surface area contributed by atoms with Gasteiger partial charge < -0.3 is 15.7 Å². The third-order valence-corrected chi connectivity index (χ3v) is 2.12. The summed E-state index contributed by atoms with van der Waals surface area (Å²) in [5.74, 6) is -0.119. The van der Waals surface area contributed by atoms with Gasteiger partial charge in [-0.2, -0.15) is 0 Å². The van der Waals surface area contributed by atoms with E-state index in [1.165, 1.54) is 12.3 Å². The van der Waals surface area contributed by atoms with Crippen molar-refractivity contribution in [3.05, 3.63) is 17.8 Å². The zero-order valence-electron chi connectivity index (χ0n) is 9.77. The van der Waals surface area contributed by atoms with E-state index in [1.54, 1.807) is 0 Å². The normalized spacial score (nSPS) is 10.5. The van der Waals surface area contributed by atoms with E-state index in [-0.39, 0.29) is 5.56 Å². The van der Waals surface area contributed by atoms with Gasteiger partial charge in [0.05, 0.1) is 11.9 Å². The Morgan fingerprint density at radius 1 is 1.62 bits per heavy atom. The van der Waals surface area contributed by atoms with Crippen LogP contribution in [0.25, 0.3) is 0 Å². The summed E-state index contributed by atoms with van der Waals surface area (Å²) in [6.45, 7) is 4.87. The minimum atomic E-state index is -1.01. The topological polar surface area (TPSA) is 79.5 Å². The minimum Gasteiger partial charge on any atom is -0.478 e. The van der Waals surface area contributed by atoms with Crippen LogP contribution in [-0.4, -0.2) is 29.7 Å². The second kappa shape index (κ2) is 4.83. The van der Waals surface area contributed by atoms with Crippen molar-refractivity contribution in [3.8, 4) is 0 Å². The highest BCUT2D eigenvalue weighted by Crippen LogP contribution is 2.19. The van der Waals surface area contributed by atoms with Gasteiger partial charge in [0.15, 0.2) is 0 Å². The molecule has 1 heterocycles. The Labute approximate surface area is 94.9 Å². The molecule has 1 aromatic heterocycles. The number of nitrogen functional groups attached to an aromatic ring is 1. The Morgan fingerprint density at radius 2 is 2.25 bits per heavy atom. The van der Waals surface area contributed by atoms with Crippen molar-refractivity contribution in [2.45, 2.75) is 13.8 Å². The molecule has 0 aliphatic heterocycles. The first-order chi connectivity index (χ1) is 7.41. The quantitative estimate of drug-likeness (QED) is 0.807. The monoisotopic (exact) mass is 223 g/mol. The van der Waals surface area contributed by atoms with Crippen LogP contribution in [0, 0.1) is 5.92 Å². The van der Waals surface area contributed by atoms with E-state index in [2.05, 4.69) is 18.8 Å². The standard InChI is InChI=1S/C11H17N3O2/c1-7(2)6-14(3)10-9(11(15)16)4-8(12)5-13-10/h4-5,7H,6,12H2,1-3H3,(H,15,16). The van der Waals surface area contributed by atoms with Crippen molar-refractivity contribution < 1.29 is 9.90 Å². The van der Waals surface area contributed by atoms with Gasteiger partial charge in [0.25, 0.3) is 0 Å². The number of hydrogen-bond acceptors (Lipinski definition) is 4. The number of anilines is 2. The maximum atomic E-state index is 11.0. The maximum Gasteiger partial charge on any atom is 0.339 e. The van der Waals surface area contributed by atoms with Gasteiger partial charge in [-0.15, -0.1) is 0 Å². The van der Waals surface area contributed by atoms with Gasteiger partial charge in [-0.3, -0.25) is 0 Å². The SMILES string of the molecule is CC(C)CN(C)c1ncc(N)cc1C(=O)O. The van der Waals surface area contributed by atoms with E-state index in [1.807, 2.05) is 11.9 Å². The number of carbonyl (C=O) groups is 1. The predicted octanol–water partition coefficient (Wildman–Crippen LogP) is 1.45. The molecule has 5 heteroatoms. The molecule has 0 aliphatic rings. The summed E-state index contributed by atoms with van der Waals surface area (Å²) in [5, 5.41) is 9.05. The zero-order chi connectivity index (χ0) is 12.3. The first-order valence-corrected chi connectivity index (χ1v) is 5.11. The number of nitrogens with two attached hydrogens (primary N) is 1. The minimum absolute atomic E-state index is 0.142. The molecule has 0 radical (unpaired) electrons. The molecular weight excluding hydrogens is 206 g/mol. The van der Waals surface area contributed by atoms with Crippen LogP contribution in [0.4, 0.5) is 11.5 Å². The smallest absolute Gasteiger partial charge is 0.339 e. The van der Waals surface area contributed by atoms with Gasteiger partial charge >= 0.3 is 5.97 Å². The third kappa shape index (κ3) is 2.85. The molecule has 1 rings (SSSR count). The van der Waals surface area contributed by atoms with Crippen molar-refractivity contribution in [2.24, 2.45) is 5.92 Å². The molecule has 0 aliphatic carbocycles. The highest BCUT2D eigenvalue weighted by molar-refractivity contribution is 5.94. The molecule has 0 atom stereocenters. The number of pyridine rings is 1. The summed E-state index contributed by atoms with van der Waals surface area (Å²) in [4.78, 5) is 16.9. The first kappa shape index (κ1) is 12.3. The highest BCUT2D eigenvalue weighted by Gasteiger charge is 2.16. The number of carboxylic acids is 1. The zero-order valence-corrected chi connectivity index (χ0v) is 9.77. The van der Waals surface area contributed by atoms with Gasteiger partial charge in [0.2, 0.25) is 0 Å². The number of nitrogens with zero attached hydrogens (tertiary/aromatic N) is 2. The molecule has 0 saturated heterocycles. The molecule has 0 unspecified atom stereocenters. The van der Waals surface area contributed by atoms with Crippen LogP contribution in [0.3, 0.4) is 0 Å². The fraction of sp³-hybridized carbons (Fsp3) is 0.455. The molecular formula is C11H17N3O2. The lowest BCUT2D eigenvalue weighted by Crippen LogP contribution is -2.25. The molecule has 0 saturated carbocycles. The predicted molar refractivity (Wildman–Crippen MR) is 63.7 cm³/mol. The summed E-state index contributed by atoms with van der Waals surface area (Å²) in [5.41, 5.74) is 6.02. The van der Waals surface area contributed by atoms with Crippen LogP contribution < -0.4 is 10.6 Å². The van der Waals surface area contributed by atoms with Gasteiger partial charge in [0, 0.05) is 13.6 Å². The summed E-state index contributed by atoms with van der Waals surface area (Å²) < 4.78 is 0. The molecule has 0 spiro atoms. The van der Waals surface area contributed by atoms with Crippen LogP contribution in [0.15, 0.2) is 12.3 Å². The maximum absolute atomic E-state index is 11.0. The van der Waals surface area contributed by atoms with E-state index >= 15 is 0 Å². The summed E-state index contributed by atoms with van der Waals surface area (Å²) in [6, 6.07) is 1.43. The molecule has 3 N–H and O–H groups in total. The van der Waals surface area contributed by atoms with Gasteiger partial charge in [0.1, 0.15) is 11.4 Å². The van der Waals surface area contributed by atoms with Crippen LogP contribution in [0.1, 0.15) is 24.2 Å². The second-order valence-electron chi connectivity index (χ2n) is 4.22. The van der Waals surface area contributed by atoms with Gasteiger partial charge in [-0.1, -0.05) is 13.8 Å². The number of hydrogen-bond donors (Lipinski definition) is 2. The average molecular weight is 223 g/mol. The molecule has 88 valence electrons. The molecule has 1 aromatic rings. The Hall–Kier alpha value is -1.78. The van der Waals surface area contributed by atoms with Crippen molar-refractivity contribution in [3.63, 3.8) is 0 Å². The van der Waals surface area contributed by atoms with E-state index in [0.717, 1.165) is 6.54 Å². The second-order valence-corrected chi connectivity index (χ2v) is 4.22. The Kier molecular flexibility index (Phi) is 3.71. The van der Waals surface area contributed by atoms with Crippen molar-refractivity contribution >= 4 is 17.5 Å². The Bertz CT molecular complexity index is 391. The average Bonchev–Trinajstić information content (AvgIpc) is 2.16. The van der Waals surface area contributed by atoms with E-state index < -0.39 is 5.97 Å². The van der Waals surface area contributed by atoms with Gasteiger partial charge in [-0.25, -0.2) is 9.78 Å². The summed E-state index contributed by atoms with van der Waals surface area (Å²) in [6.07, 6.45) is 1.47. The molecule has 0 aromatic carbocycles. The van der Waals surface area contributed by atoms with E-state index in [9.17, 15) is 4.79 Å². The largest absolute Gasteiger partial charge is 0.478 e. The highest BCUT2D eigenvalue weighted by atomic mass is 16.4. The lowest BCUT2D eigenvalue weighted by atomic mass is 10.2. The van der Waals surface area contributed by atoms with Crippen molar-refractivity contribution in [1.29, 1.82) is 0 Å². The number of carboxylic acid groups (broad SMARTS) is 1. The summed E-state index contributed by atoms with van der Waals surface area (Å²) in [7, 11) is 1.82.